The van der Waals surface area contributed by atoms with Gasteiger partial charge in [0, 0.05) is 22.8 Å². The summed E-state index contributed by atoms with van der Waals surface area (Å²) >= 11 is 12.0. The van der Waals surface area contributed by atoms with Gasteiger partial charge in [0.25, 0.3) is 0 Å². The third kappa shape index (κ3) is 2.03. The van der Waals surface area contributed by atoms with Crippen molar-refractivity contribution in [3.05, 3.63) is 52.1 Å². The van der Waals surface area contributed by atoms with Crippen molar-refractivity contribution in [2.75, 3.05) is 0 Å². The van der Waals surface area contributed by atoms with Crippen LogP contribution in [0.2, 0.25) is 10.0 Å². The van der Waals surface area contributed by atoms with Gasteiger partial charge >= 0.3 is 0 Å². The lowest BCUT2D eigenvalue weighted by molar-refractivity contribution is 1.11. The minimum Gasteiger partial charge on any atom is -0.282 e. The van der Waals surface area contributed by atoms with Crippen molar-refractivity contribution in [1.82, 2.24) is 14.6 Å². The topological polar surface area (TPSA) is 54.0 Å². The molecule has 4 nitrogen and oxygen atoms in total. The quantitative estimate of drug-likeness (QED) is 0.688. The molecule has 3 rings (SSSR count). The molecule has 0 atom stereocenters. The molecule has 0 saturated heterocycles. The Kier molecular flexibility index (Phi) is 2.86. The van der Waals surface area contributed by atoms with E-state index in [1.54, 1.807) is 40.9 Å². The van der Waals surface area contributed by atoms with Gasteiger partial charge in [-0.25, -0.2) is 0 Å². The summed E-state index contributed by atoms with van der Waals surface area (Å²) in [7, 11) is 0. The fraction of sp³-hybridized carbons (Fsp3) is 0. The molecule has 0 radical (unpaired) electrons. The summed E-state index contributed by atoms with van der Waals surface area (Å²) in [5.74, 6) is 0.612. The molecule has 0 amide bonds. The molecule has 0 spiro atoms. The van der Waals surface area contributed by atoms with Crippen molar-refractivity contribution in [2.45, 2.75) is 0 Å². The van der Waals surface area contributed by atoms with E-state index in [1.807, 2.05) is 0 Å². The fourth-order valence-corrected chi connectivity index (χ4v) is 2.31. The van der Waals surface area contributed by atoms with Crippen molar-refractivity contribution in [2.24, 2.45) is 0 Å². The summed E-state index contributed by atoms with van der Waals surface area (Å²) in [5.41, 5.74) is 1.87. The maximum atomic E-state index is 8.85. The molecular weight excluding hydrogens is 283 g/mol. The summed E-state index contributed by atoms with van der Waals surface area (Å²) in [5, 5.41) is 18.1. The Balaban J connectivity index is 2.23. The number of nitrogens with zero attached hydrogens (tertiary/aromatic N) is 4. The number of hydrogen-bond donors (Lipinski definition) is 0. The minimum atomic E-state index is 0.506. The van der Waals surface area contributed by atoms with E-state index in [4.69, 9.17) is 28.5 Å². The highest BCUT2D eigenvalue weighted by Crippen LogP contribution is 2.29. The molecule has 0 aliphatic heterocycles. The molecule has 0 bridgehead atoms. The molecule has 0 unspecified atom stereocenters. The Bertz CT molecular complexity index is 817. The molecule has 0 fully saturated rings. The Morgan fingerprint density at radius 1 is 1.11 bits per heavy atom. The number of rotatable bonds is 1. The molecule has 0 saturated carbocycles. The van der Waals surface area contributed by atoms with E-state index in [2.05, 4.69) is 16.3 Å². The van der Waals surface area contributed by atoms with Gasteiger partial charge in [0.1, 0.15) is 0 Å². The highest BCUT2D eigenvalue weighted by Gasteiger charge is 2.12. The molecule has 0 N–H and O–H groups in total. The summed E-state index contributed by atoms with van der Waals surface area (Å²) in [4.78, 5) is 0. The summed E-state index contributed by atoms with van der Waals surface area (Å²) in [6.45, 7) is 0. The number of hydrogen-bond acceptors (Lipinski definition) is 3. The van der Waals surface area contributed by atoms with Gasteiger partial charge in [-0.15, -0.1) is 10.2 Å². The molecule has 0 aliphatic carbocycles. The molecule has 1 aromatic carbocycles. The van der Waals surface area contributed by atoms with Crippen LogP contribution in [0.1, 0.15) is 5.56 Å². The van der Waals surface area contributed by atoms with Crippen LogP contribution in [-0.4, -0.2) is 14.6 Å². The maximum absolute atomic E-state index is 8.85. The fourth-order valence-electron chi connectivity index (χ4n) is 1.81. The number of benzene rings is 1. The van der Waals surface area contributed by atoms with Gasteiger partial charge in [-0.3, -0.25) is 4.40 Å². The molecule has 2 aromatic heterocycles. The lowest BCUT2D eigenvalue weighted by atomic mass is 10.2. The second-order valence-corrected chi connectivity index (χ2v) is 4.75. The normalized spacial score (nSPS) is 10.6. The number of aromatic nitrogens is 3. The Labute approximate surface area is 118 Å². The van der Waals surface area contributed by atoms with Crippen molar-refractivity contribution >= 4 is 28.8 Å². The average Bonchev–Trinajstić information content (AvgIpc) is 2.81. The zero-order valence-electron chi connectivity index (χ0n) is 9.51. The van der Waals surface area contributed by atoms with Gasteiger partial charge in [0.2, 0.25) is 0 Å². The van der Waals surface area contributed by atoms with Crippen LogP contribution in [0.25, 0.3) is 17.0 Å². The lowest BCUT2D eigenvalue weighted by Crippen LogP contribution is -1.90. The largest absolute Gasteiger partial charge is 0.282 e. The Hall–Kier alpha value is -2.09. The highest BCUT2D eigenvalue weighted by molar-refractivity contribution is 6.36. The zero-order chi connectivity index (χ0) is 13.4. The summed E-state index contributed by atoms with van der Waals surface area (Å²) in [6.07, 6.45) is 1.74. The summed E-state index contributed by atoms with van der Waals surface area (Å²) < 4.78 is 1.77. The van der Waals surface area contributed by atoms with Gasteiger partial charge in [0.15, 0.2) is 11.5 Å². The zero-order valence-corrected chi connectivity index (χ0v) is 11.0. The third-order valence-corrected chi connectivity index (χ3v) is 3.26. The second-order valence-electron chi connectivity index (χ2n) is 3.90. The number of pyridine rings is 1. The van der Waals surface area contributed by atoms with Crippen LogP contribution in [0.15, 0.2) is 36.5 Å². The van der Waals surface area contributed by atoms with Crippen molar-refractivity contribution in [3.8, 4) is 17.5 Å². The average molecular weight is 289 g/mol. The van der Waals surface area contributed by atoms with E-state index >= 15 is 0 Å². The monoisotopic (exact) mass is 288 g/mol. The Morgan fingerprint density at radius 3 is 2.68 bits per heavy atom. The van der Waals surface area contributed by atoms with Crippen LogP contribution >= 0.6 is 23.2 Å². The molecule has 6 heteroatoms. The van der Waals surface area contributed by atoms with Crippen LogP contribution in [-0.2, 0) is 0 Å². The predicted octanol–water partition coefficient (Wildman–Crippen LogP) is 3.57. The van der Waals surface area contributed by atoms with E-state index in [1.165, 1.54) is 0 Å². The van der Waals surface area contributed by atoms with Gasteiger partial charge in [-0.05, 0) is 24.3 Å². The van der Waals surface area contributed by atoms with Gasteiger partial charge < -0.3 is 0 Å². The van der Waals surface area contributed by atoms with Crippen molar-refractivity contribution in [1.29, 1.82) is 5.26 Å². The first kappa shape index (κ1) is 12.0. The second kappa shape index (κ2) is 4.54. The molecule has 2 heterocycles. The number of nitriles is 1. The van der Waals surface area contributed by atoms with E-state index < -0.39 is 0 Å². The van der Waals surface area contributed by atoms with Crippen LogP contribution < -0.4 is 0 Å². The van der Waals surface area contributed by atoms with Gasteiger partial charge in [-0.2, -0.15) is 5.26 Å². The van der Waals surface area contributed by atoms with Gasteiger partial charge in [0.05, 0.1) is 16.7 Å². The molecular formula is C13H6Cl2N4. The number of halogens is 2. The van der Waals surface area contributed by atoms with Crippen LogP contribution in [0, 0.1) is 11.3 Å². The standard InChI is InChI=1S/C13H6Cl2N4/c14-9-1-2-10(11(15)6-9)13-18-17-12-5-8(7-16)3-4-19(12)13/h1-6H. The van der Waals surface area contributed by atoms with E-state index in [0.717, 1.165) is 5.56 Å². The SMILES string of the molecule is N#Cc1ccn2c(-c3ccc(Cl)cc3Cl)nnc2c1. The van der Waals surface area contributed by atoms with Crippen LogP contribution in [0.4, 0.5) is 0 Å². The first-order valence-electron chi connectivity index (χ1n) is 5.39. The first-order chi connectivity index (χ1) is 9.19. The maximum Gasteiger partial charge on any atom is 0.169 e. The van der Waals surface area contributed by atoms with Crippen molar-refractivity contribution < 1.29 is 0 Å². The van der Waals surface area contributed by atoms with Crippen LogP contribution in [0.3, 0.4) is 0 Å². The van der Waals surface area contributed by atoms with Gasteiger partial charge in [-0.1, -0.05) is 23.2 Å². The first-order valence-corrected chi connectivity index (χ1v) is 6.15. The molecule has 0 aliphatic rings. The van der Waals surface area contributed by atoms with Crippen LogP contribution in [0.5, 0.6) is 0 Å². The molecule has 92 valence electrons. The molecule has 3 aromatic rings. The number of fused-ring (bicyclic) bond motifs is 1. The Morgan fingerprint density at radius 2 is 1.95 bits per heavy atom. The van der Waals surface area contributed by atoms with E-state index in [-0.39, 0.29) is 0 Å². The minimum absolute atomic E-state index is 0.506. The van der Waals surface area contributed by atoms with E-state index in [0.29, 0.717) is 27.1 Å². The smallest absolute Gasteiger partial charge is 0.169 e. The predicted molar refractivity (Wildman–Crippen MR) is 73.2 cm³/mol. The highest BCUT2D eigenvalue weighted by atomic mass is 35.5. The third-order valence-electron chi connectivity index (χ3n) is 2.71. The lowest BCUT2D eigenvalue weighted by Gasteiger charge is -2.03. The summed E-state index contributed by atoms with van der Waals surface area (Å²) in [6, 6.07) is 10.6. The van der Waals surface area contributed by atoms with Crippen molar-refractivity contribution in [3.63, 3.8) is 0 Å². The molecule has 19 heavy (non-hydrogen) atoms. The van der Waals surface area contributed by atoms with E-state index in [9.17, 15) is 0 Å².